The number of furan rings is 1. The van der Waals surface area contributed by atoms with Crippen molar-refractivity contribution in [1.82, 2.24) is 4.90 Å². The maximum Gasteiger partial charge on any atom is 0.226 e. The number of aliphatic hydroxyl groups is 1. The van der Waals surface area contributed by atoms with Crippen molar-refractivity contribution in [2.45, 2.75) is 31.9 Å². The number of nitrogens with zero attached hydrogens (tertiary/aromatic N) is 1. The van der Waals surface area contributed by atoms with Crippen LogP contribution in [0.15, 0.2) is 46.9 Å². The van der Waals surface area contributed by atoms with Crippen LogP contribution in [0.4, 0.5) is 0 Å². The first-order chi connectivity index (χ1) is 11.5. The minimum atomic E-state index is -1.21. The quantitative estimate of drug-likeness (QED) is 0.937. The monoisotopic (exact) mass is 329 g/mol. The average Bonchev–Trinajstić information content (AvgIpc) is 3.01. The molecule has 24 heavy (non-hydrogen) atoms. The summed E-state index contributed by atoms with van der Waals surface area (Å²) in [5, 5.41) is 10.7. The normalized spacial score (nSPS) is 20.6. The molecule has 1 aliphatic heterocycles. The van der Waals surface area contributed by atoms with Gasteiger partial charge in [-0.2, -0.15) is 0 Å². The third kappa shape index (κ3) is 3.52. The Morgan fingerprint density at radius 2 is 2.04 bits per heavy atom. The molecular weight excluding hydrogens is 306 g/mol. The van der Waals surface area contributed by atoms with Gasteiger partial charge in [0.2, 0.25) is 5.91 Å². The van der Waals surface area contributed by atoms with Crippen molar-refractivity contribution in [3.05, 3.63) is 59.5 Å². The second kappa shape index (κ2) is 6.79. The molecule has 1 amide bonds. The van der Waals surface area contributed by atoms with Crippen LogP contribution in [0.5, 0.6) is 0 Å². The summed E-state index contributed by atoms with van der Waals surface area (Å²) in [6, 6.07) is 12.8. The van der Waals surface area contributed by atoms with Gasteiger partial charge in [-0.15, -0.1) is 0 Å². The molecule has 5 heteroatoms. The van der Waals surface area contributed by atoms with E-state index in [2.05, 4.69) is 0 Å². The topological polar surface area (TPSA) is 62.9 Å². The van der Waals surface area contributed by atoms with E-state index >= 15 is 0 Å². The molecule has 1 N–H and O–H groups in total. The Balaban J connectivity index is 1.77. The van der Waals surface area contributed by atoms with Crippen molar-refractivity contribution in [2.75, 3.05) is 19.8 Å². The number of aryl methyl sites for hydroxylation is 1. The zero-order valence-corrected chi connectivity index (χ0v) is 14.1. The number of carbonyl (C=O) groups is 1. The standard InChI is InChI=1S/C19H23NO4/c1-14-8-9-17(24-14)16-13-23-11-10-20(16)18(21)12-19(2,22)15-6-4-3-5-7-15/h3-9,16,22H,10-13H2,1-2H3. The van der Waals surface area contributed by atoms with E-state index in [1.807, 2.05) is 49.4 Å². The molecule has 0 saturated carbocycles. The molecule has 0 aliphatic carbocycles. The molecule has 1 aromatic heterocycles. The fourth-order valence-electron chi connectivity index (χ4n) is 3.07. The van der Waals surface area contributed by atoms with Gasteiger partial charge >= 0.3 is 0 Å². The van der Waals surface area contributed by atoms with Crippen molar-refractivity contribution < 1.29 is 19.1 Å². The first-order valence-electron chi connectivity index (χ1n) is 8.19. The number of amides is 1. The van der Waals surface area contributed by atoms with Gasteiger partial charge in [0.1, 0.15) is 17.6 Å². The Morgan fingerprint density at radius 3 is 2.71 bits per heavy atom. The first kappa shape index (κ1) is 16.7. The third-order valence-electron chi connectivity index (χ3n) is 4.43. The zero-order chi connectivity index (χ0) is 17.2. The maximum atomic E-state index is 12.8. The number of carbonyl (C=O) groups excluding carboxylic acids is 1. The molecule has 5 nitrogen and oxygen atoms in total. The summed E-state index contributed by atoms with van der Waals surface area (Å²) in [6.07, 6.45) is 0.0210. The molecule has 0 spiro atoms. The van der Waals surface area contributed by atoms with Gasteiger partial charge < -0.3 is 19.2 Å². The summed E-state index contributed by atoms with van der Waals surface area (Å²) >= 11 is 0. The summed E-state index contributed by atoms with van der Waals surface area (Å²) < 4.78 is 11.2. The molecule has 3 rings (SSSR count). The summed E-state index contributed by atoms with van der Waals surface area (Å²) in [6.45, 7) is 4.95. The van der Waals surface area contributed by atoms with Gasteiger partial charge in [-0.25, -0.2) is 0 Å². The van der Waals surface area contributed by atoms with Gasteiger partial charge in [-0.1, -0.05) is 30.3 Å². The minimum absolute atomic E-state index is 0.0210. The summed E-state index contributed by atoms with van der Waals surface area (Å²) in [5.41, 5.74) is -0.475. The largest absolute Gasteiger partial charge is 0.464 e. The summed E-state index contributed by atoms with van der Waals surface area (Å²) in [4.78, 5) is 14.6. The smallest absolute Gasteiger partial charge is 0.226 e. The zero-order valence-electron chi connectivity index (χ0n) is 14.1. The summed E-state index contributed by atoms with van der Waals surface area (Å²) in [5.74, 6) is 1.42. The van der Waals surface area contributed by atoms with Crippen LogP contribution in [0.25, 0.3) is 0 Å². The first-order valence-corrected chi connectivity index (χ1v) is 8.19. The number of morpholine rings is 1. The molecule has 2 atom stereocenters. The van der Waals surface area contributed by atoms with Gasteiger partial charge in [-0.3, -0.25) is 4.79 Å². The molecule has 2 aromatic rings. The van der Waals surface area contributed by atoms with Crippen LogP contribution in [-0.4, -0.2) is 35.7 Å². The van der Waals surface area contributed by atoms with Crippen molar-refractivity contribution in [2.24, 2.45) is 0 Å². The number of ether oxygens (including phenoxy) is 1. The lowest BCUT2D eigenvalue weighted by Crippen LogP contribution is -2.45. The fourth-order valence-corrected chi connectivity index (χ4v) is 3.07. The predicted molar refractivity (Wildman–Crippen MR) is 89.3 cm³/mol. The number of rotatable bonds is 4. The maximum absolute atomic E-state index is 12.8. The van der Waals surface area contributed by atoms with Crippen molar-refractivity contribution >= 4 is 5.91 Å². The molecule has 2 heterocycles. The van der Waals surface area contributed by atoms with Crippen molar-refractivity contribution in [3.63, 3.8) is 0 Å². The lowest BCUT2D eigenvalue weighted by Gasteiger charge is -2.36. The molecule has 128 valence electrons. The Kier molecular flexibility index (Phi) is 4.73. The molecule has 1 aromatic carbocycles. The SMILES string of the molecule is Cc1ccc(C2COCCN2C(=O)CC(C)(O)c2ccccc2)o1. The highest BCUT2D eigenvalue weighted by Gasteiger charge is 2.35. The fraction of sp³-hybridized carbons (Fsp3) is 0.421. The Morgan fingerprint density at radius 1 is 1.29 bits per heavy atom. The molecule has 0 radical (unpaired) electrons. The van der Waals surface area contributed by atoms with Gasteiger partial charge in [0.05, 0.1) is 25.2 Å². The third-order valence-corrected chi connectivity index (χ3v) is 4.43. The van der Waals surface area contributed by atoms with Gasteiger partial charge in [0.15, 0.2) is 0 Å². The lowest BCUT2D eigenvalue weighted by atomic mass is 9.91. The minimum Gasteiger partial charge on any atom is -0.464 e. The Labute approximate surface area is 141 Å². The van der Waals surface area contributed by atoms with Crippen LogP contribution in [0.3, 0.4) is 0 Å². The van der Waals surface area contributed by atoms with E-state index in [1.54, 1.807) is 11.8 Å². The molecule has 2 unspecified atom stereocenters. The highest BCUT2D eigenvalue weighted by molar-refractivity contribution is 5.78. The van der Waals surface area contributed by atoms with Gasteiger partial charge in [-0.05, 0) is 31.5 Å². The summed E-state index contributed by atoms with van der Waals surface area (Å²) in [7, 11) is 0. The van der Waals surface area contributed by atoms with E-state index in [-0.39, 0.29) is 18.4 Å². The molecular formula is C19H23NO4. The molecule has 1 aliphatic rings. The highest BCUT2D eigenvalue weighted by Crippen LogP contribution is 2.30. The van der Waals surface area contributed by atoms with Gasteiger partial charge in [0.25, 0.3) is 0 Å². The average molecular weight is 329 g/mol. The Hall–Kier alpha value is -2.11. The molecule has 0 bridgehead atoms. The van der Waals surface area contributed by atoms with Crippen LogP contribution in [-0.2, 0) is 15.1 Å². The van der Waals surface area contributed by atoms with Crippen LogP contribution in [0, 0.1) is 6.92 Å². The van der Waals surface area contributed by atoms with E-state index in [9.17, 15) is 9.90 Å². The second-order valence-corrected chi connectivity index (χ2v) is 6.44. The Bertz CT molecular complexity index is 692. The van der Waals surface area contributed by atoms with E-state index in [0.717, 1.165) is 17.1 Å². The van der Waals surface area contributed by atoms with Crippen LogP contribution in [0.1, 0.15) is 36.5 Å². The van der Waals surface area contributed by atoms with Crippen molar-refractivity contribution in [1.29, 1.82) is 0 Å². The van der Waals surface area contributed by atoms with E-state index in [4.69, 9.17) is 9.15 Å². The van der Waals surface area contributed by atoms with Crippen LogP contribution < -0.4 is 0 Å². The predicted octanol–water partition coefficient (Wildman–Crippen LogP) is 2.79. The second-order valence-electron chi connectivity index (χ2n) is 6.44. The van der Waals surface area contributed by atoms with E-state index in [1.165, 1.54) is 0 Å². The van der Waals surface area contributed by atoms with Crippen LogP contribution in [0.2, 0.25) is 0 Å². The number of hydrogen-bond acceptors (Lipinski definition) is 4. The highest BCUT2D eigenvalue weighted by atomic mass is 16.5. The number of hydrogen-bond donors (Lipinski definition) is 1. The molecule has 1 saturated heterocycles. The van der Waals surface area contributed by atoms with E-state index in [0.29, 0.717) is 19.8 Å². The lowest BCUT2D eigenvalue weighted by molar-refractivity contribution is -0.146. The van der Waals surface area contributed by atoms with Crippen LogP contribution >= 0.6 is 0 Å². The van der Waals surface area contributed by atoms with Crippen molar-refractivity contribution in [3.8, 4) is 0 Å². The molecule has 1 fully saturated rings. The van der Waals surface area contributed by atoms with E-state index < -0.39 is 5.60 Å². The van der Waals surface area contributed by atoms with Gasteiger partial charge in [0, 0.05) is 6.54 Å². The number of benzene rings is 1.